The van der Waals surface area contributed by atoms with Crippen molar-refractivity contribution in [3.8, 4) is 0 Å². The summed E-state index contributed by atoms with van der Waals surface area (Å²) in [6, 6.07) is 6.21. The molecular weight excluding hydrogens is 256 g/mol. The molecule has 0 amide bonds. The number of anilines is 1. The van der Waals surface area contributed by atoms with Crippen LogP contribution in [0.4, 0.5) is 5.69 Å². The van der Waals surface area contributed by atoms with Crippen LogP contribution in [0.2, 0.25) is 0 Å². The van der Waals surface area contributed by atoms with Crippen molar-refractivity contribution in [2.45, 2.75) is 11.8 Å². The topological polar surface area (TPSA) is 56.4 Å². The molecule has 1 fully saturated rings. The molecule has 4 nitrogen and oxygen atoms in total. The Morgan fingerprint density at radius 2 is 2.00 bits per heavy atom. The van der Waals surface area contributed by atoms with Gasteiger partial charge in [0.1, 0.15) is 5.84 Å². The first-order valence-electron chi connectivity index (χ1n) is 6.67. The normalized spacial score (nSPS) is 16.6. The standard InChI is InChI=1S/C14H22N4S/c1-3-19-12-6-4-5-11(13(12)14(15)16)18-9-7-17(2)8-10-18/h4-6H,3,7-10H2,1-2H3,(H3,15,16). The van der Waals surface area contributed by atoms with Crippen molar-refractivity contribution in [1.82, 2.24) is 4.90 Å². The number of nitrogens with two attached hydrogens (primary N) is 1. The number of hydrogen-bond acceptors (Lipinski definition) is 4. The predicted molar refractivity (Wildman–Crippen MR) is 83.6 cm³/mol. The maximum absolute atomic E-state index is 7.88. The maximum Gasteiger partial charge on any atom is 0.126 e. The molecule has 104 valence electrons. The van der Waals surface area contributed by atoms with E-state index in [1.807, 2.05) is 0 Å². The van der Waals surface area contributed by atoms with E-state index in [0.29, 0.717) is 0 Å². The van der Waals surface area contributed by atoms with Crippen LogP contribution < -0.4 is 10.6 Å². The lowest BCUT2D eigenvalue weighted by atomic mass is 10.1. The fraction of sp³-hybridized carbons (Fsp3) is 0.500. The van der Waals surface area contributed by atoms with E-state index in [2.05, 4.69) is 42.0 Å². The summed E-state index contributed by atoms with van der Waals surface area (Å²) in [7, 11) is 2.15. The Balaban J connectivity index is 2.33. The van der Waals surface area contributed by atoms with E-state index < -0.39 is 0 Å². The molecule has 3 N–H and O–H groups in total. The van der Waals surface area contributed by atoms with Crippen molar-refractivity contribution in [2.24, 2.45) is 5.73 Å². The quantitative estimate of drug-likeness (QED) is 0.501. The number of benzene rings is 1. The number of piperazine rings is 1. The number of likely N-dealkylation sites (N-methyl/N-ethyl adjacent to an activating group) is 1. The number of hydrogen-bond donors (Lipinski definition) is 2. The minimum absolute atomic E-state index is 0.172. The molecule has 0 spiro atoms. The van der Waals surface area contributed by atoms with Crippen molar-refractivity contribution in [3.05, 3.63) is 23.8 Å². The van der Waals surface area contributed by atoms with Crippen LogP contribution in [0.1, 0.15) is 12.5 Å². The van der Waals surface area contributed by atoms with Gasteiger partial charge in [0, 0.05) is 36.8 Å². The average Bonchev–Trinajstić information content (AvgIpc) is 2.39. The summed E-state index contributed by atoms with van der Waals surface area (Å²) >= 11 is 1.75. The molecule has 0 unspecified atom stereocenters. The van der Waals surface area contributed by atoms with Gasteiger partial charge < -0.3 is 15.5 Å². The highest BCUT2D eigenvalue weighted by Gasteiger charge is 2.20. The van der Waals surface area contributed by atoms with Gasteiger partial charge in [0.25, 0.3) is 0 Å². The molecule has 0 bridgehead atoms. The van der Waals surface area contributed by atoms with E-state index in [0.717, 1.165) is 48.1 Å². The molecule has 1 aromatic rings. The molecule has 0 radical (unpaired) electrons. The van der Waals surface area contributed by atoms with Gasteiger partial charge in [-0.2, -0.15) is 0 Å². The predicted octanol–water partition coefficient (Wildman–Crippen LogP) is 1.83. The first-order chi connectivity index (χ1) is 9.13. The molecule has 0 saturated carbocycles. The molecule has 5 heteroatoms. The molecule has 0 aromatic heterocycles. The Bertz CT molecular complexity index is 453. The van der Waals surface area contributed by atoms with Crippen LogP contribution in [0.25, 0.3) is 0 Å². The Kier molecular flexibility index (Phi) is 4.71. The zero-order chi connectivity index (χ0) is 13.8. The van der Waals surface area contributed by atoms with E-state index in [-0.39, 0.29) is 5.84 Å². The summed E-state index contributed by atoms with van der Waals surface area (Å²) in [5, 5.41) is 7.88. The Morgan fingerprint density at radius 3 is 2.58 bits per heavy atom. The fourth-order valence-corrected chi connectivity index (χ4v) is 3.22. The zero-order valence-corrected chi connectivity index (χ0v) is 12.5. The van der Waals surface area contributed by atoms with Crippen molar-refractivity contribution in [2.75, 3.05) is 43.9 Å². The summed E-state index contributed by atoms with van der Waals surface area (Å²) in [5.74, 6) is 1.16. The van der Waals surface area contributed by atoms with E-state index in [4.69, 9.17) is 11.1 Å². The molecule has 1 aliphatic heterocycles. The number of rotatable bonds is 4. The summed E-state index contributed by atoms with van der Waals surface area (Å²) in [6.07, 6.45) is 0. The lowest BCUT2D eigenvalue weighted by molar-refractivity contribution is 0.313. The number of nitrogens with one attached hydrogen (secondary N) is 1. The molecule has 19 heavy (non-hydrogen) atoms. The molecule has 2 rings (SSSR count). The number of nitrogens with zero attached hydrogens (tertiary/aromatic N) is 2. The van der Waals surface area contributed by atoms with Crippen LogP contribution >= 0.6 is 11.8 Å². The minimum atomic E-state index is 0.172. The van der Waals surface area contributed by atoms with Gasteiger partial charge in [-0.3, -0.25) is 5.41 Å². The van der Waals surface area contributed by atoms with Crippen LogP contribution in [-0.4, -0.2) is 49.7 Å². The largest absolute Gasteiger partial charge is 0.384 e. The second-order valence-electron chi connectivity index (χ2n) is 4.79. The summed E-state index contributed by atoms with van der Waals surface area (Å²) < 4.78 is 0. The molecule has 1 aliphatic rings. The SMILES string of the molecule is CCSc1cccc(N2CCN(C)CC2)c1C(=N)N. The summed E-state index contributed by atoms with van der Waals surface area (Å²) in [5.41, 5.74) is 7.82. The van der Waals surface area contributed by atoms with E-state index in [1.165, 1.54) is 0 Å². The highest BCUT2D eigenvalue weighted by molar-refractivity contribution is 7.99. The lowest BCUT2D eigenvalue weighted by Crippen LogP contribution is -2.45. The van der Waals surface area contributed by atoms with Crippen molar-refractivity contribution < 1.29 is 0 Å². The minimum Gasteiger partial charge on any atom is -0.384 e. The maximum atomic E-state index is 7.88. The van der Waals surface area contributed by atoms with E-state index in [9.17, 15) is 0 Å². The Labute approximate surface area is 119 Å². The molecule has 0 atom stereocenters. The first-order valence-corrected chi connectivity index (χ1v) is 7.65. The monoisotopic (exact) mass is 278 g/mol. The molecule has 1 heterocycles. The Hall–Kier alpha value is -1.20. The van der Waals surface area contributed by atoms with Gasteiger partial charge >= 0.3 is 0 Å². The van der Waals surface area contributed by atoms with Crippen LogP contribution in [0.3, 0.4) is 0 Å². The zero-order valence-electron chi connectivity index (χ0n) is 11.6. The van der Waals surface area contributed by atoms with Crippen LogP contribution in [0, 0.1) is 5.41 Å². The van der Waals surface area contributed by atoms with Crippen LogP contribution in [0.5, 0.6) is 0 Å². The summed E-state index contributed by atoms with van der Waals surface area (Å²) in [4.78, 5) is 5.79. The van der Waals surface area contributed by atoms with Crippen molar-refractivity contribution in [1.29, 1.82) is 5.41 Å². The van der Waals surface area contributed by atoms with Crippen molar-refractivity contribution >= 4 is 23.3 Å². The molecule has 1 saturated heterocycles. The average molecular weight is 278 g/mol. The fourth-order valence-electron chi connectivity index (χ4n) is 2.38. The van der Waals surface area contributed by atoms with Crippen molar-refractivity contribution in [3.63, 3.8) is 0 Å². The number of amidine groups is 1. The molecular formula is C14H22N4S. The van der Waals surface area contributed by atoms with E-state index in [1.54, 1.807) is 11.8 Å². The molecule has 1 aromatic carbocycles. The van der Waals surface area contributed by atoms with Gasteiger partial charge in [0.15, 0.2) is 0 Å². The van der Waals surface area contributed by atoms with Gasteiger partial charge in [0.2, 0.25) is 0 Å². The van der Waals surface area contributed by atoms with Crippen LogP contribution in [-0.2, 0) is 0 Å². The number of nitrogen functional groups attached to an aromatic ring is 1. The second-order valence-corrected chi connectivity index (χ2v) is 6.09. The third-order valence-electron chi connectivity index (χ3n) is 3.42. The van der Waals surface area contributed by atoms with Gasteiger partial charge in [-0.25, -0.2) is 0 Å². The third-order valence-corrected chi connectivity index (χ3v) is 4.36. The molecule has 0 aliphatic carbocycles. The number of thioether (sulfide) groups is 1. The Morgan fingerprint density at radius 1 is 1.32 bits per heavy atom. The highest BCUT2D eigenvalue weighted by atomic mass is 32.2. The third kappa shape index (κ3) is 3.22. The summed E-state index contributed by atoms with van der Waals surface area (Å²) in [6.45, 7) is 6.23. The van der Waals surface area contributed by atoms with Gasteiger partial charge in [0.05, 0.1) is 5.56 Å². The van der Waals surface area contributed by atoms with Gasteiger partial charge in [-0.1, -0.05) is 13.0 Å². The van der Waals surface area contributed by atoms with E-state index >= 15 is 0 Å². The van der Waals surface area contributed by atoms with Crippen LogP contribution in [0.15, 0.2) is 23.1 Å². The second kappa shape index (κ2) is 6.30. The van der Waals surface area contributed by atoms with Gasteiger partial charge in [-0.05, 0) is 24.9 Å². The smallest absolute Gasteiger partial charge is 0.126 e. The lowest BCUT2D eigenvalue weighted by Gasteiger charge is -2.35. The highest BCUT2D eigenvalue weighted by Crippen LogP contribution is 2.31. The first kappa shape index (κ1) is 14.2. The van der Waals surface area contributed by atoms with Gasteiger partial charge in [-0.15, -0.1) is 11.8 Å².